The third-order valence-corrected chi connectivity index (χ3v) is 3.54. The quantitative estimate of drug-likeness (QED) is 0.919. The zero-order valence-corrected chi connectivity index (χ0v) is 12.6. The van der Waals surface area contributed by atoms with E-state index in [2.05, 4.69) is 21.0 Å². The van der Waals surface area contributed by atoms with Gasteiger partial charge in [0.25, 0.3) is 0 Å². The number of ether oxygens (including phenoxy) is 1. The van der Waals surface area contributed by atoms with E-state index in [1.54, 1.807) is 18.0 Å². The van der Waals surface area contributed by atoms with Crippen LogP contribution in [-0.2, 0) is 13.0 Å². The van der Waals surface area contributed by atoms with Gasteiger partial charge in [0.2, 0.25) is 0 Å². The first-order valence-corrected chi connectivity index (χ1v) is 6.97. The average molecular weight is 325 g/mol. The van der Waals surface area contributed by atoms with Crippen molar-refractivity contribution in [2.24, 2.45) is 0 Å². The lowest BCUT2D eigenvalue weighted by Gasteiger charge is -2.15. The van der Waals surface area contributed by atoms with Gasteiger partial charge in [-0.25, -0.2) is 0 Å². The molecule has 0 fully saturated rings. The van der Waals surface area contributed by atoms with E-state index >= 15 is 0 Å². The van der Waals surface area contributed by atoms with Crippen LogP contribution in [0.3, 0.4) is 0 Å². The highest BCUT2D eigenvalue weighted by Gasteiger charge is 2.15. The van der Waals surface area contributed by atoms with Gasteiger partial charge in [-0.1, -0.05) is 15.9 Å². The topological polar surface area (TPSA) is 47.3 Å². The van der Waals surface area contributed by atoms with E-state index in [0.29, 0.717) is 6.42 Å². The molecular formula is C14H17BrN2O2. The summed E-state index contributed by atoms with van der Waals surface area (Å²) in [4.78, 5) is 0. The number of benzene rings is 1. The first kappa shape index (κ1) is 14.1. The summed E-state index contributed by atoms with van der Waals surface area (Å²) in [5, 5.41) is 14.5. The van der Waals surface area contributed by atoms with Crippen molar-refractivity contribution in [2.75, 3.05) is 7.11 Å². The third-order valence-electron chi connectivity index (χ3n) is 3.05. The Hall–Kier alpha value is -1.33. The molecule has 0 radical (unpaired) electrons. The van der Waals surface area contributed by atoms with E-state index in [1.165, 1.54) is 0 Å². The van der Waals surface area contributed by atoms with Crippen molar-refractivity contribution in [3.05, 3.63) is 46.2 Å². The van der Waals surface area contributed by atoms with Gasteiger partial charge >= 0.3 is 0 Å². The van der Waals surface area contributed by atoms with E-state index in [0.717, 1.165) is 28.0 Å². The standard InChI is InChI=1S/C14H17BrN2O2/c1-3-17-12(6-7-16-17)13(18)9-10-8-11(15)4-5-14(10)19-2/h4-8,13,18H,3,9H2,1-2H3. The van der Waals surface area contributed by atoms with Crippen LogP contribution < -0.4 is 4.74 Å². The number of hydrogen-bond acceptors (Lipinski definition) is 3. The molecular weight excluding hydrogens is 308 g/mol. The Bertz CT molecular complexity index is 554. The maximum absolute atomic E-state index is 10.4. The lowest BCUT2D eigenvalue weighted by molar-refractivity contribution is 0.166. The molecule has 0 saturated carbocycles. The van der Waals surface area contributed by atoms with Gasteiger partial charge in [-0.15, -0.1) is 0 Å². The number of aryl methyl sites for hydroxylation is 1. The number of methoxy groups -OCH3 is 1. The van der Waals surface area contributed by atoms with Gasteiger partial charge in [-0.2, -0.15) is 5.10 Å². The fourth-order valence-electron chi connectivity index (χ4n) is 2.11. The zero-order valence-electron chi connectivity index (χ0n) is 11.0. The minimum absolute atomic E-state index is 0.494. The number of halogens is 1. The van der Waals surface area contributed by atoms with E-state index in [1.807, 2.05) is 31.2 Å². The number of nitrogens with zero attached hydrogens (tertiary/aromatic N) is 2. The van der Waals surface area contributed by atoms with Crippen LogP contribution in [0, 0.1) is 0 Å². The number of hydrogen-bond donors (Lipinski definition) is 1. The smallest absolute Gasteiger partial charge is 0.122 e. The van der Waals surface area contributed by atoms with Crippen molar-refractivity contribution in [1.29, 1.82) is 0 Å². The Morgan fingerprint density at radius 3 is 2.89 bits per heavy atom. The molecule has 1 aromatic carbocycles. The molecule has 2 aromatic rings. The maximum atomic E-state index is 10.4. The van der Waals surface area contributed by atoms with Crippen molar-refractivity contribution < 1.29 is 9.84 Å². The Morgan fingerprint density at radius 2 is 2.21 bits per heavy atom. The second kappa shape index (κ2) is 6.21. The first-order chi connectivity index (χ1) is 9.15. The van der Waals surface area contributed by atoms with Gasteiger partial charge in [-0.05, 0) is 36.8 Å². The minimum Gasteiger partial charge on any atom is -0.496 e. The first-order valence-electron chi connectivity index (χ1n) is 6.18. The van der Waals surface area contributed by atoms with Crippen LogP contribution in [0.4, 0.5) is 0 Å². The fraction of sp³-hybridized carbons (Fsp3) is 0.357. The molecule has 5 heteroatoms. The molecule has 102 valence electrons. The monoisotopic (exact) mass is 324 g/mol. The van der Waals surface area contributed by atoms with Crippen LogP contribution >= 0.6 is 15.9 Å². The summed E-state index contributed by atoms with van der Waals surface area (Å²) < 4.78 is 8.09. The van der Waals surface area contributed by atoms with Crippen molar-refractivity contribution in [3.63, 3.8) is 0 Å². The van der Waals surface area contributed by atoms with Crippen LogP contribution in [0.1, 0.15) is 24.3 Å². The number of aliphatic hydroxyl groups excluding tert-OH is 1. The summed E-state index contributed by atoms with van der Waals surface area (Å²) in [5.41, 5.74) is 1.79. The molecule has 1 N–H and O–H groups in total. The van der Waals surface area contributed by atoms with Gasteiger partial charge in [-0.3, -0.25) is 4.68 Å². The molecule has 2 rings (SSSR count). The molecule has 1 atom stereocenters. The van der Waals surface area contributed by atoms with Crippen LogP contribution in [0.5, 0.6) is 5.75 Å². The van der Waals surface area contributed by atoms with Crippen molar-refractivity contribution >= 4 is 15.9 Å². The molecule has 19 heavy (non-hydrogen) atoms. The lowest BCUT2D eigenvalue weighted by atomic mass is 10.0. The molecule has 0 spiro atoms. The number of rotatable bonds is 5. The minimum atomic E-state index is -0.592. The van der Waals surface area contributed by atoms with Gasteiger partial charge in [0.15, 0.2) is 0 Å². The van der Waals surface area contributed by atoms with E-state index in [4.69, 9.17) is 4.74 Å². The third kappa shape index (κ3) is 3.16. The Morgan fingerprint density at radius 1 is 1.42 bits per heavy atom. The molecule has 0 aliphatic rings. The van der Waals surface area contributed by atoms with Crippen LogP contribution in [0.25, 0.3) is 0 Å². The summed E-state index contributed by atoms with van der Waals surface area (Å²) in [7, 11) is 1.63. The largest absolute Gasteiger partial charge is 0.496 e. The summed E-state index contributed by atoms with van der Waals surface area (Å²) in [5.74, 6) is 0.782. The van der Waals surface area contributed by atoms with E-state index < -0.39 is 6.10 Å². The molecule has 0 aliphatic carbocycles. The average Bonchev–Trinajstić information content (AvgIpc) is 2.87. The molecule has 0 amide bonds. The van der Waals surface area contributed by atoms with Crippen LogP contribution in [0.15, 0.2) is 34.9 Å². The molecule has 1 unspecified atom stereocenters. The predicted octanol–water partition coefficient (Wildman–Crippen LogP) is 2.95. The lowest BCUT2D eigenvalue weighted by Crippen LogP contribution is -2.10. The summed E-state index contributed by atoms with van der Waals surface area (Å²) in [6, 6.07) is 7.63. The summed E-state index contributed by atoms with van der Waals surface area (Å²) >= 11 is 3.44. The number of aliphatic hydroxyl groups is 1. The predicted molar refractivity (Wildman–Crippen MR) is 77.3 cm³/mol. The van der Waals surface area contributed by atoms with Gasteiger partial charge in [0, 0.05) is 23.6 Å². The van der Waals surface area contributed by atoms with E-state index in [9.17, 15) is 5.11 Å². The summed E-state index contributed by atoms with van der Waals surface area (Å²) in [6.07, 6.45) is 1.61. The highest BCUT2D eigenvalue weighted by molar-refractivity contribution is 9.10. The fourth-order valence-corrected chi connectivity index (χ4v) is 2.52. The summed E-state index contributed by atoms with van der Waals surface area (Å²) in [6.45, 7) is 2.75. The molecule has 1 aromatic heterocycles. The second-order valence-corrected chi connectivity index (χ2v) is 5.16. The van der Waals surface area contributed by atoms with Crippen molar-refractivity contribution in [2.45, 2.75) is 26.0 Å². The van der Waals surface area contributed by atoms with Gasteiger partial charge in [0.05, 0.1) is 18.9 Å². The van der Waals surface area contributed by atoms with Gasteiger partial charge in [0.1, 0.15) is 5.75 Å². The molecule has 0 bridgehead atoms. The second-order valence-electron chi connectivity index (χ2n) is 4.25. The SMILES string of the molecule is CCn1nccc1C(O)Cc1cc(Br)ccc1OC. The highest BCUT2D eigenvalue weighted by Crippen LogP contribution is 2.27. The van der Waals surface area contributed by atoms with Gasteiger partial charge < -0.3 is 9.84 Å². The number of aromatic nitrogens is 2. The Kier molecular flexibility index (Phi) is 4.61. The molecule has 4 nitrogen and oxygen atoms in total. The van der Waals surface area contributed by atoms with E-state index in [-0.39, 0.29) is 0 Å². The highest BCUT2D eigenvalue weighted by atomic mass is 79.9. The van der Waals surface area contributed by atoms with Crippen LogP contribution in [0.2, 0.25) is 0 Å². The normalized spacial score (nSPS) is 12.4. The van der Waals surface area contributed by atoms with Crippen molar-refractivity contribution in [3.8, 4) is 5.75 Å². The van der Waals surface area contributed by atoms with Crippen molar-refractivity contribution in [1.82, 2.24) is 9.78 Å². The molecule has 0 aliphatic heterocycles. The Balaban J connectivity index is 2.23. The molecule has 0 saturated heterocycles. The molecule has 1 heterocycles. The Labute approximate surface area is 121 Å². The zero-order chi connectivity index (χ0) is 13.8. The maximum Gasteiger partial charge on any atom is 0.122 e. The van der Waals surface area contributed by atoms with Crippen LogP contribution in [-0.4, -0.2) is 22.0 Å².